The fourth-order valence-corrected chi connectivity index (χ4v) is 2.31. The number of rotatable bonds is 3. The monoisotopic (exact) mass is 307 g/mol. The Morgan fingerprint density at radius 1 is 1.17 bits per heavy atom. The molecule has 0 spiro atoms. The van der Waals surface area contributed by atoms with Gasteiger partial charge in [0.1, 0.15) is 5.82 Å². The second-order valence-corrected chi connectivity index (χ2v) is 5.11. The number of benzene rings is 2. The average Bonchev–Trinajstić information content (AvgIpc) is 2.37. The van der Waals surface area contributed by atoms with E-state index in [0.29, 0.717) is 5.56 Å². The van der Waals surface area contributed by atoms with Crippen molar-refractivity contribution in [3.05, 3.63) is 69.4 Å². The molecule has 0 aliphatic carbocycles. The quantitative estimate of drug-likeness (QED) is 0.896. The lowest BCUT2D eigenvalue weighted by molar-refractivity contribution is 0.576. The maximum Gasteiger partial charge on any atom is 0.128 e. The fourth-order valence-electron chi connectivity index (χ4n) is 2.06. The third kappa shape index (κ3) is 2.62. The Kier molecular flexibility index (Phi) is 4.15. The zero-order valence-electron chi connectivity index (χ0n) is 10.4. The molecule has 94 valence electrons. The van der Waals surface area contributed by atoms with Gasteiger partial charge in [0.2, 0.25) is 0 Å². The highest BCUT2D eigenvalue weighted by Crippen LogP contribution is 2.27. The van der Waals surface area contributed by atoms with Gasteiger partial charge in [-0.2, -0.15) is 0 Å². The lowest BCUT2D eigenvalue weighted by atomic mass is 9.97. The first-order valence-corrected chi connectivity index (χ1v) is 6.60. The summed E-state index contributed by atoms with van der Waals surface area (Å²) in [6, 6.07) is 12.8. The van der Waals surface area contributed by atoms with E-state index < -0.39 is 0 Å². The molecule has 1 nitrogen and oxygen atoms in total. The minimum absolute atomic E-state index is 0.127. The summed E-state index contributed by atoms with van der Waals surface area (Å²) < 4.78 is 14.9. The molecule has 0 aliphatic heterocycles. The van der Waals surface area contributed by atoms with E-state index in [-0.39, 0.29) is 11.9 Å². The molecule has 2 aromatic carbocycles. The van der Waals surface area contributed by atoms with Crippen molar-refractivity contribution < 1.29 is 4.39 Å². The summed E-state index contributed by atoms with van der Waals surface area (Å²) in [7, 11) is 1.84. The van der Waals surface area contributed by atoms with Gasteiger partial charge in [-0.15, -0.1) is 0 Å². The Labute approximate surface area is 115 Å². The van der Waals surface area contributed by atoms with Crippen LogP contribution in [0.25, 0.3) is 0 Å². The van der Waals surface area contributed by atoms with E-state index in [4.69, 9.17) is 0 Å². The maximum absolute atomic E-state index is 13.8. The lowest BCUT2D eigenvalue weighted by Crippen LogP contribution is -2.19. The minimum Gasteiger partial charge on any atom is -0.309 e. The summed E-state index contributed by atoms with van der Waals surface area (Å²) in [6.07, 6.45) is 0. The first kappa shape index (κ1) is 13.2. The molecule has 0 fully saturated rings. The van der Waals surface area contributed by atoms with Crippen LogP contribution in [-0.4, -0.2) is 7.05 Å². The van der Waals surface area contributed by atoms with Crippen LogP contribution in [0.3, 0.4) is 0 Å². The fraction of sp³-hybridized carbons (Fsp3) is 0.200. The van der Waals surface area contributed by atoms with Gasteiger partial charge >= 0.3 is 0 Å². The molecule has 1 atom stereocenters. The summed E-state index contributed by atoms with van der Waals surface area (Å²) in [6.45, 7) is 2.03. The highest BCUT2D eigenvalue weighted by atomic mass is 79.9. The van der Waals surface area contributed by atoms with E-state index in [0.717, 1.165) is 15.6 Å². The van der Waals surface area contributed by atoms with Gasteiger partial charge in [-0.1, -0.05) is 46.3 Å². The maximum atomic E-state index is 13.8. The van der Waals surface area contributed by atoms with Crippen LogP contribution in [0.4, 0.5) is 4.39 Å². The van der Waals surface area contributed by atoms with Gasteiger partial charge in [0.25, 0.3) is 0 Å². The van der Waals surface area contributed by atoms with Gasteiger partial charge < -0.3 is 5.32 Å². The van der Waals surface area contributed by atoms with Gasteiger partial charge in [0, 0.05) is 10.0 Å². The van der Waals surface area contributed by atoms with Crippen LogP contribution < -0.4 is 5.32 Å². The molecule has 1 unspecified atom stereocenters. The Hall–Kier alpha value is -1.19. The van der Waals surface area contributed by atoms with Crippen LogP contribution in [0.2, 0.25) is 0 Å². The third-order valence-corrected chi connectivity index (χ3v) is 3.91. The molecule has 0 radical (unpaired) electrons. The van der Waals surface area contributed by atoms with Crippen LogP contribution >= 0.6 is 15.9 Å². The highest BCUT2D eigenvalue weighted by Gasteiger charge is 2.15. The first-order chi connectivity index (χ1) is 8.63. The predicted octanol–water partition coefficient (Wildman–Crippen LogP) is 4.21. The molecule has 0 aliphatic rings. The average molecular weight is 308 g/mol. The topological polar surface area (TPSA) is 12.0 Å². The molecular weight excluding hydrogens is 293 g/mol. The number of hydrogen-bond acceptors (Lipinski definition) is 1. The van der Waals surface area contributed by atoms with E-state index in [1.165, 1.54) is 6.07 Å². The normalized spacial score (nSPS) is 12.4. The Morgan fingerprint density at radius 2 is 1.89 bits per heavy atom. The predicted molar refractivity (Wildman–Crippen MR) is 76.2 cm³/mol. The third-order valence-electron chi connectivity index (χ3n) is 3.02. The second kappa shape index (κ2) is 5.63. The highest BCUT2D eigenvalue weighted by molar-refractivity contribution is 9.10. The molecule has 0 bridgehead atoms. The SMILES string of the molecule is CNC(c1ccc(Br)c(C)c1)c1ccccc1F. The van der Waals surface area contributed by atoms with E-state index in [1.54, 1.807) is 6.07 Å². The molecule has 0 amide bonds. The van der Waals surface area contributed by atoms with Crippen molar-refractivity contribution in [3.63, 3.8) is 0 Å². The number of hydrogen-bond donors (Lipinski definition) is 1. The Morgan fingerprint density at radius 3 is 2.50 bits per heavy atom. The largest absolute Gasteiger partial charge is 0.309 e. The molecule has 0 saturated heterocycles. The summed E-state index contributed by atoms with van der Waals surface area (Å²) in [5.74, 6) is -0.183. The van der Waals surface area contributed by atoms with E-state index >= 15 is 0 Å². The van der Waals surface area contributed by atoms with Crippen LogP contribution in [0.5, 0.6) is 0 Å². The van der Waals surface area contributed by atoms with Crippen LogP contribution in [0.1, 0.15) is 22.7 Å². The molecule has 0 aromatic heterocycles. The smallest absolute Gasteiger partial charge is 0.128 e. The summed E-state index contributed by atoms with van der Waals surface area (Å²) in [5, 5.41) is 3.17. The molecule has 0 saturated carbocycles. The second-order valence-electron chi connectivity index (χ2n) is 4.25. The van der Waals surface area contributed by atoms with Crippen molar-refractivity contribution in [1.29, 1.82) is 0 Å². The van der Waals surface area contributed by atoms with Crippen LogP contribution in [0, 0.1) is 12.7 Å². The standard InChI is InChI=1S/C15H15BrFN/c1-10-9-11(7-8-13(10)16)15(18-2)12-5-3-4-6-14(12)17/h3-9,15,18H,1-2H3. The van der Waals surface area contributed by atoms with Gasteiger partial charge in [0.15, 0.2) is 0 Å². The van der Waals surface area contributed by atoms with Crippen molar-refractivity contribution in [2.45, 2.75) is 13.0 Å². The summed E-state index contributed by atoms with van der Waals surface area (Å²) >= 11 is 3.48. The summed E-state index contributed by atoms with van der Waals surface area (Å²) in [4.78, 5) is 0. The van der Waals surface area contributed by atoms with Crippen molar-refractivity contribution >= 4 is 15.9 Å². The molecule has 2 aromatic rings. The minimum atomic E-state index is -0.183. The van der Waals surface area contributed by atoms with Crippen molar-refractivity contribution in [3.8, 4) is 0 Å². The van der Waals surface area contributed by atoms with Crippen LogP contribution in [0.15, 0.2) is 46.9 Å². The van der Waals surface area contributed by atoms with Gasteiger partial charge in [0.05, 0.1) is 6.04 Å². The van der Waals surface area contributed by atoms with E-state index in [9.17, 15) is 4.39 Å². The first-order valence-electron chi connectivity index (χ1n) is 5.81. The molecule has 3 heteroatoms. The van der Waals surface area contributed by atoms with E-state index in [2.05, 4.69) is 27.3 Å². The zero-order chi connectivity index (χ0) is 13.1. The number of aryl methyl sites for hydroxylation is 1. The molecule has 0 heterocycles. The zero-order valence-corrected chi connectivity index (χ0v) is 12.0. The van der Waals surface area contributed by atoms with Gasteiger partial charge in [-0.05, 0) is 37.2 Å². The van der Waals surface area contributed by atoms with Crippen molar-refractivity contribution in [1.82, 2.24) is 5.32 Å². The molecule has 18 heavy (non-hydrogen) atoms. The molecule has 2 rings (SSSR count). The Bertz CT molecular complexity index is 554. The lowest BCUT2D eigenvalue weighted by Gasteiger charge is -2.18. The van der Waals surface area contributed by atoms with Gasteiger partial charge in [-0.25, -0.2) is 4.39 Å². The number of halogens is 2. The van der Waals surface area contributed by atoms with Gasteiger partial charge in [-0.3, -0.25) is 0 Å². The Balaban J connectivity index is 2.45. The molecular formula is C15H15BrFN. The summed E-state index contributed by atoms with van der Waals surface area (Å²) in [5.41, 5.74) is 2.87. The molecule has 1 N–H and O–H groups in total. The van der Waals surface area contributed by atoms with Crippen LogP contribution in [-0.2, 0) is 0 Å². The number of nitrogens with one attached hydrogen (secondary N) is 1. The van der Waals surface area contributed by atoms with Crippen molar-refractivity contribution in [2.24, 2.45) is 0 Å². The van der Waals surface area contributed by atoms with E-state index in [1.807, 2.05) is 38.2 Å². The van der Waals surface area contributed by atoms with Crippen molar-refractivity contribution in [2.75, 3.05) is 7.05 Å².